The Labute approximate surface area is 408 Å². The van der Waals surface area contributed by atoms with E-state index >= 15 is 0 Å². The Balaban J connectivity index is 1.41. The van der Waals surface area contributed by atoms with Gasteiger partial charge in [0.15, 0.2) is 0 Å². The topological polar surface area (TPSA) is 264 Å². The predicted octanol–water partition coefficient (Wildman–Crippen LogP) is 7.35. The number of ether oxygens (including phenoxy) is 5. The van der Waals surface area contributed by atoms with Gasteiger partial charge in [0, 0.05) is 24.5 Å². The Morgan fingerprint density at radius 3 is 1.43 bits per heavy atom. The normalized spacial score (nSPS) is 11.7. The molecule has 19 heteroatoms. The maximum absolute atomic E-state index is 14.1. The summed E-state index contributed by atoms with van der Waals surface area (Å²) >= 11 is 0. The minimum absolute atomic E-state index is 0.0109. The molecular weight excluding hydrogens is 903 g/mol. The van der Waals surface area contributed by atoms with Gasteiger partial charge in [-0.05, 0) is 94.0 Å². The van der Waals surface area contributed by atoms with Crippen LogP contribution in [0.1, 0.15) is 104 Å². The number of amides is 7. The van der Waals surface area contributed by atoms with E-state index in [2.05, 4.69) is 31.9 Å². The molecule has 376 valence electrons. The van der Waals surface area contributed by atoms with Crippen LogP contribution < -0.4 is 47.1 Å². The SMILES string of the molecule is COc1ccc(NC(=O)[C@H](CCCCCNC(=O)OCc2ccccc2)NC(=O)c2cc(NC(=O)[C@H](CCCCCNC(=O)OCc3ccccc3)NC(=O)OC(C)(C)C)ccc2OC)cc1C(N)=O. The van der Waals surface area contributed by atoms with Gasteiger partial charge < -0.3 is 61.3 Å². The highest BCUT2D eigenvalue weighted by Gasteiger charge is 2.27. The van der Waals surface area contributed by atoms with E-state index in [1.165, 1.54) is 50.6 Å². The van der Waals surface area contributed by atoms with Gasteiger partial charge in [-0.1, -0.05) is 86.3 Å². The number of hydrogen-bond donors (Lipinski definition) is 7. The fraction of sp³-hybridized carbons (Fsp3) is 0.392. The van der Waals surface area contributed by atoms with E-state index in [-0.39, 0.29) is 60.1 Å². The lowest BCUT2D eigenvalue weighted by Gasteiger charge is -2.23. The second kappa shape index (κ2) is 28.5. The fourth-order valence-corrected chi connectivity index (χ4v) is 6.85. The van der Waals surface area contributed by atoms with Crippen LogP contribution in [-0.4, -0.2) is 86.9 Å². The molecular formula is C51H65N7O12. The third-order valence-electron chi connectivity index (χ3n) is 10.4. The van der Waals surface area contributed by atoms with Crippen molar-refractivity contribution in [3.05, 3.63) is 119 Å². The third-order valence-corrected chi connectivity index (χ3v) is 10.4. The minimum Gasteiger partial charge on any atom is -0.496 e. The largest absolute Gasteiger partial charge is 0.496 e. The number of nitrogens with one attached hydrogen (secondary N) is 6. The lowest BCUT2D eigenvalue weighted by Crippen LogP contribution is -2.46. The molecule has 0 unspecified atom stereocenters. The van der Waals surface area contributed by atoms with Crippen molar-refractivity contribution < 1.29 is 57.2 Å². The summed E-state index contributed by atoms with van der Waals surface area (Å²) in [6, 6.07) is 25.2. The number of carbonyl (C=O) groups excluding carboxylic acids is 7. The lowest BCUT2D eigenvalue weighted by molar-refractivity contribution is -0.119. The Morgan fingerprint density at radius 2 is 0.986 bits per heavy atom. The first kappa shape index (κ1) is 54.8. The molecule has 70 heavy (non-hydrogen) atoms. The molecule has 0 heterocycles. The van der Waals surface area contributed by atoms with Gasteiger partial charge in [-0.2, -0.15) is 0 Å². The molecule has 0 aromatic heterocycles. The Kier molecular flexibility index (Phi) is 22.3. The van der Waals surface area contributed by atoms with Gasteiger partial charge in [0.25, 0.3) is 11.8 Å². The van der Waals surface area contributed by atoms with Crippen LogP contribution in [0.15, 0.2) is 97.1 Å². The van der Waals surface area contributed by atoms with E-state index in [9.17, 15) is 33.6 Å². The van der Waals surface area contributed by atoms with Crippen LogP contribution >= 0.6 is 0 Å². The number of carbonyl (C=O) groups is 7. The highest BCUT2D eigenvalue weighted by Crippen LogP contribution is 2.25. The lowest BCUT2D eigenvalue weighted by atomic mass is 10.0. The zero-order valence-electron chi connectivity index (χ0n) is 40.4. The second-order valence-electron chi connectivity index (χ2n) is 17.1. The van der Waals surface area contributed by atoms with E-state index in [1.807, 2.05) is 60.7 Å². The van der Waals surface area contributed by atoms with Crippen molar-refractivity contribution in [1.29, 1.82) is 0 Å². The van der Waals surface area contributed by atoms with Gasteiger partial charge in [0.05, 0.1) is 25.3 Å². The number of rotatable bonds is 26. The number of methoxy groups -OCH3 is 2. The molecule has 0 fully saturated rings. The van der Waals surface area contributed by atoms with Gasteiger partial charge >= 0.3 is 18.3 Å². The monoisotopic (exact) mass is 967 g/mol. The van der Waals surface area contributed by atoms with Crippen molar-refractivity contribution in [3.8, 4) is 11.5 Å². The summed E-state index contributed by atoms with van der Waals surface area (Å²) in [5.41, 5.74) is 6.87. The molecule has 0 saturated heterocycles. The van der Waals surface area contributed by atoms with Crippen molar-refractivity contribution in [2.45, 2.75) is 103 Å². The molecule has 0 aliphatic heterocycles. The van der Waals surface area contributed by atoms with Crippen LogP contribution in [0.2, 0.25) is 0 Å². The molecule has 19 nitrogen and oxygen atoms in total. The fourth-order valence-electron chi connectivity index (χ4n) is 6.85. The molecule has 0 spiro atoms. The quantitative estimate of drug-likeness (QED) is 0.0241. The van der Waals surface area contributed by atoms with Gasteiger partial charge in [0.2, 0.25) is 11.8 Å². The number of alkyl carbamates (subject to hydrolysis) is 3. The molecule has 0 bridgehead atoms. The van der Waals surface area contributed by atoms with Crippen molar-refractivity contribution in [2.24, 2.45) is 5.73 Å². The molecule has 0 radical (unpaired) electrons. The van der Waals surface area contributed by atoms with Crippen LogP contribution in [0.4, 0.5) is 25.8 Å². The highest BCUT2D eigenvalue weighted by molar-refractivity contribution is 6.05. The molecule has 4 aromatic carbocycles. The van der Waals surface area contributed by atoms with Gasteiger partial charge in [-0.3, -0.25) is 19.2 Å². The smallest absolute Gasteiger partial charge is 0.408 e. The number of primary amides is 1. The standard InChI is InChI=1S/C51H65N7O12/c1-51(2,3)70-50(65)58-41(23-15-9-17-29-54-49(64)69-33-35-20-12-7-13-21-35)47(62)56-37-25-27-43(67-5)39(31-37)45(60)57-40(46(61)55-36-24-26-42(66-4)38(30-36)44(52)59)22-14-8-16-28-53-48(63)68-32-34-18-10-6-11-19-34/h6-7,10-13,18-21,24-27,30-31,40-41H,8-9,14-17,22-23,28-29,32-33H2,1-5H3,(H2,52,59)(H,53,63)(H,54,64)(H,55,61)(H,56,62)(H,57,60)(H,58,65)/t40-,41-/m0/s1. The van der Waals surface area contributed by atoms with E-state index in [0.717, 1.165) is 11.1 Å². The van der Waals surface area contributed by atoms with Crippen molar-refractivity contribution in [3.63, 3.8) is 0 Å². The van der Waals surface area contributed by atoms with Gasteiger partial charge in [0.1, 0.15) is 42.4 Å². The molecule has 0 aliphatic rings. The average Bonchev–Trinajstić information content (AvgIpc) is 3.33. The molecule has 7 amide bonds. The first-order valence-corrected chi connectivity index (χ1v) is 23.0. The predicted molar refractivity (Wildman–Crippen MR) is 262 cm³/mol. The number of benzene rings is 4. The molecule has 0 aliphatic carbocycles. The van der Waals surface area contributed by atoms with E-state index in [4.69, 9.17) is 29.4 Å². The van der Waals surface area contributed by atoms with Crippen molar-refractivity contribution >= 4 is 53.3 Å². The molecule has 4 aromatic rings. The summed E-state index contributed by atoms with van der Waals surface area (Å²) < 4.78 is 26.7. The van der Waals surface area contributed by atoms with E-state index in [1.54, 1.807) is 20.8 Å². The number of unbranched alkanes of at least 4 members (excludes halogenated alkanes) is 4. The number of anilines is 2. The molecule has 8 N–H and O–H groups in total. The maximum atomic E-state index is 14.1. The zero-order valence-corrected chi connectivity index (χ0v) is 40.4. The average molecular weight is 968 g/mol. The Hall–Kier alpha value is -7.83. The van der Waals surface area contributed by atoms with Crippen molar-refractivity contribution in [2.75, 3.05) is 37.9 Å². The number of hydrogen-bond acceptors (Lipinski definition) is 12. The summed E-state index contributed by atoms with van der Waals surface area (Å²) in [6.07, 6.45) is 1.71. The highest BCUT2D eigenvalue weighted by atomic mass is 16.6. The summed E-state index contributed by atoms with van der Waals surface area (Å²) in [4.78, 5) is 91.2. The molecule has 4 rings (SSSR count). The van der Waals surface area contributed by atoms with Crippen LogP contribution in [0.25, 0.3) is 0 Å². The summed E-state index contributed by atoms with van der Waals surface area (Å²) in [7, 11) is 2.74. The van der Waals surface area contributed by atoms with Crippen molar-refractivity contribution in [1.82, 2.24) is 21.3 Å². The Morgan fingerprint density at radius 1 is 0.543 bits per heavy atom. The summed E-state index contributed by atoms with van der Waals surface area (Å²) in [5.74, 6) is -2.32. The minimum atomic E-state index is -1.11. The first-order valence-electron chi connectivity index (χ1n) is 23.0. The van der Waals surface area contributed by atoms with Crippen LogP contribution in [0, 0.1) is 0 Å². The van der Waals surface area contributed by atoms with E-state index < -0.39 is 59.6 Å². The maximum Gasteiger partial charge on any atom is 0.408 e. The zero-order chi connectivity index (χ0) is 50.9. The Bertz CT molecular complexity index is 2360. The third kappa shape index (κ3) is 19.8. The molecule has 2 atom stereocenters. The summed E-state index contributed by atoms with van der Waals surface area (Å²) in [5, 5.41) is 16.4. The van der Waals surface area contributed by atoms with Gasteiger partial charge in [-0.15, -0.1) is 0 Å². The molecule has 0 saturated carbocycles. The first-order chi connectivity index (χ1) is 33.5. The van der Waals surface area contributed by atoms with Crippen LogP contribution in [0.5, 0.6) is 11.5 Å². The van der Waals surface area contributed by atoms with Crippen LogP contribution in [-0.2, 0) is 37.0 Å². The summed E-state index contributed by atoms with van der Waals surface area (Å²) in [6.45, 7) is 6.01. The van der Waals surface area contributed by atoms with Crippen LogP contribution in [0.3, 0.4) is 0 Å². The second-order valence-corrected chi connectivity index (χ2v) is 17.1. The van der Waals surface area contributed by atoms with E-state index in [0.29, 0.717) is 51.6 Å². The van der Waals surface area contributed by atoms with Gasteiger partial charge in [-0.25, -0.2) is 14.4 Å². The number of nitrogens with two attached hydrogens (primary N) is 1.